The summed E-state index contributed by atoms with van der Waals surface area (Å²) in [5.41, 5.74) is 4.83. The van der Waals surface area contributed by atoms with Gasteiger partial charge in [-0.15, -0.1) is 10.2 Å². The molecular formula is C24H22ClN5OS. The molecule has 0 spiro atoms. The second-order valence-electron chi connectivity index (χ2n) is 7.38. The number of amides is 1. The standard InChI is InChI=1S/C24H22ClN5OS/c1-2-3-5-16-8-11-20(12-9-16)30-28-21-13-10-19(15-22(21)29-30)26-24(32)27-23(31)17-6-4-7-18(25)14-17/h4,6-15H,2-3,5H2,1H3,(H2,26,27,31,32). The smallest absolute Gasteiger partial charge is 0.257 e. The van der Waals surface area contributed by atoms with Gasteiger partial charge in [0.15, 0.2) is 5.11 Å². The highest BCUT2D eigenvalue weighted by atomic mass is 35.5. The van der Waals surface area contributed by atoms with E-state index in [-0.39, 0.29) is 11.0 Å². The molecule has 162 valence electrons. The van der Waals surface area contributed by atoms with Crippen LogP contribution in [0.15, 0.2) is 66.7 Å². The number of aromatic nitrogens is 3. The number of carbonyl (C=O) groups excluding carboxylic acids is 1. The quantitative estimate of drug-likeness (QED) is 0.367. The molecule has 6 nitrogen and oxygen atoms in total. The molecule has 0 saturated heterocycles. The number of halogens is 1. The van der Waals surface area contributed by atoms with Crippen molar-refractivity contribution in [3.05, 3.63) is 82.9 Å². The van der Waals surface area contributed by atoms with Gasteiger partial charge in [-0.25, -0.2) is 0 Å². The fourth-order valence-corrected chi connectivity index (χ4v) is 3.65. The van der Waals surface area contributed by atoms with E-state index in [0.717, 1.165) is 17.6 Å². The molecule has 8 heteroatoms. The van der Waals surface area contributed by atoms with E-state index in [2.05, 4.69) is 39.9 Å². The molecule has 0 aliphatic heterocycles. The molecule has 1 aromatic heterocycles. The Kier molecular flexibility index (Phi) is 6.78. The Bertz CT molecular complexity index is 1270. The third kappa shape index (κ3) is 5.30. The van der Waals surface area contributed by atoms with Crippen LogP contribution in [0.4, 0.5) is 5.69 Å². The number of nitrogens with zero attached hydrogens (tertiary/aromatic N) is 3. The van der Waals surface area contributed by atoms with Gasteiger partial charge in [0.1, 0.15) is 11.0 Å². The number of fused-ring (bicyclic) bond motifs is 1. The fourth-order valence-electron chi connectivity index (χ4n) is 3.25. The highest BCUT2D eigenvalue weighted by molar-refractivity contribution is 7.80. The molecule has 0 atom stereocenters. The maximum absolute atomic E-state index is 12.3. The van der Waals surface area contributed by atoms with E-state index in [1.54, 1.807) is 29.1 Å². The van der Waals surface area contributed by atoms with Crippen LogP contribution < -0.4 is 10.6 Å². The molecule has 2 N–H and O–H groups in total. The first-order chi connectivity index (χ1) is 15.5. The van der Waals surface area contributed by atoms with Gasteiger partial charge in [0.25, 0.3) is 5.91 Å². The van der Waals surface area contributed by atoms with E-state index < -0.39 is 0 Å². The predicted molar refractivity (Wildman–Crippen MR) is 133 cm³/mol. The summed E-state index contributed by atoms with van der Waals surface area (Å²) in [4.78, 5) is 14.0. The van der Waals surface area contributed by atoms with Crippen molar-refractivity contribution in [3.8, 4) is 5.69 Å². The second-order valence-corrected chi connectivity index (χ2v) is 8.23. The van der Waals surface area contributed by atoms with E-state index >= 15 is 0 Å². The zero-order valence-corrected chi connectivity index (χ0v) is 19.1. The molecule has 0 aliphatic carbocycles. The normalized spacial score (nSPS) is 10.8. The fraction of sp³-hybridized carbons (Fsp3) is 0.167. The van der Waals surface area contributed by atoms with E-state index in [0.29, 0.717) is 21.8 Å². The summed E-state index contributed by atoms with van der Waals surface area (Å²) in [5, 5.41) is 15.5. The molecule has 0 radical (unpaired) electrons. The van der Waals surface area contributed by atoms with Crippen molar-refractivity contribution in [3.63, 3.8) is 0 Å². The highest BCUT2D eigenvalue weighted by Crippen LogP contribution is 2.18. The average Bonchev–Trinajstić information content (AvgIpc) is 3.21. The van der Waals surface area contributed by atoms with Crippen LogP contribution in [0.2, 0.25) is 5.02 Å². The van der Waals surface area contributed by atoms with Crippen LogP contribution in [-0.4, -0.2) is 26.0 Å². The first-order valence-corrected chi connectivity index (χ1v) is 11.1. The van der Waals surface area contributed by atoms with Crippen molar-refractivity contribution < 1.29 is 4.79 Å². The summed E-state index contributed by atoms with van der Waals surface area (Å²) in [5.74, 6) is -0.334. The number of hydrogen-bond donors (Lipinski definition) is 2. The topological polar surface area (TPSA) is 71.8 Å². The number of hydrogen-bond acceptors (Lipinski definition) is 4. The molecule has 0 unspecified atom stereocenters. The number of nitrogens with one attached hydrogen (secondary N) is 2. The van der Waals surface area contributed by atoms with Crippen molar-refractivity contribution in [1.29, 1.82) is 0 Å². The van der Waals surface area contributed by atoms with Crippen molar-refractivity contribution >= 4 is 51.6 Å². The maximum Gasteiger partial charge on any atom is 0.257 e. The Morgan fingerprint density at radius 2 is 1.81 bits per heavy atom. The Labute approximate surface area is 196 Å². The van der Waals surface area contributed by atoms with Crippen molar-refractivity contribution in [2.75, 3.05) is 5.32 Å². The SMILES string of the molecule is CCCCc1ccc(-n2nc3ccc(NC(=S)NC(=O)c4cccc(Cl)c4)cc3n2)cc1. The maximum atomic E-state index is 12.3. The lowest BCUT2D eigenvalue weighted by Crippen LogP contribution is -2.34. The van der Waals surface area contributed by atoms with Gasteiger partial charge in [-0.3, -0.25) is 10.1 Å². The third-order valence-corrected chi connectivity index (χ3v) is 5.38. The van der Waals surface area contributed by atoms with E-state index in [1.807, 2.05) is 30.3 Å². The second kappa shape index (κ2) is 9.89. The lowest BCUT2D eigenvalue weighted by Gasteiger charge is -2.09. The largest absolute Gasteiger partial charge is 0.332 e. The molecule has 32 heavy (non-hydrogen) atoms. The predicted octanol–water partition coefficient (Wildman–Crippen LogP) is 5.54. The molecule has 3 aromatic carbocycles. The summed E-state index contributed by atoms with van der Waals surface area (Å²) in [6.45, 7) is 2.19. The number of rotatable bonds is 6. The van der Waals surface area contributed by atoms with Gasteiger partial charge in [0, 0.05) is 16.3 Å². The molecular weight excluding hydrogens is 442 g/mol. The van der Waals surface area contributed by atoms with Crippen molar-refractivity contribution in [2.45, 2.75) is 26.2 Å². The monoisotopic (exact) mass is 463 g/mol. The van der Waals surface area contributed by atoms with Crippen LogP contribution in [0.25, 0.3) is 16.7 Å². The van der Waals surface area contributed by atoms with Crippen LogP contribution in [0.3, 0.4) is 0 Å². The number of unbranched alkanes of at least 4 members (excludes halogenated alkanes) is 1. The Morgan fingerprint density at radius 1 is 1.03 bits per heavy atom. The minimum atomic E-state index is -0.334. The Morgan fingerprint density at radius 3 is 2.56 bits per heavy atom. The Balaban J connectivity index is 1.44. The van der Waals surface area contributed by atoms with Crippen LogP contribution >= 0.6 is 23.8 Å². The van der Waals surface area contributed by atoms with Crippen LogP contribution in [0, 0.1) is 0 Å². The summed E-state index contributed by atoms with van der Waals surface area (Å²) in [6, 6.07) is 20.5. The highest BCUT2D eigenvalue weighted by Gasteiger charge is 2.10. The zero-order valence-electron chi connectivity index (χ0n) is 17.5. The zero-order chi connectivity index (χ0) is 22.5. The summed E-state index contributed by atoms with van der Waals surface area (Å²) in [6.07, 6.45) is 3.44. The van der Waals surface area contributed by atoms with E-state index in [1.165, 1.54) is 18.4 Å². The average molecular weight is 464 g/mol. The van der Waals surface area contributed by atoms with Gasteiger partial charge >= 0.3 is 0 Å². The van der Waals surface area contributed by atoms with Crippen molar-refractivity contribution in [2.24, 2.45) is 0 Å². The number of thiocarbonyl (C=S) groups is 1. The van der Waals surface area contributed by atoms with Gasteiger partial charge in [-0.05, 0) is 79.2 Å². The first-order valence-electron chi connectivity index (χ1n) is 10.4. The lowest BCUT2D eigenvalue weighted by molar-refractivity contribution is 0.0977. The van der Waals surface area contributed by atoms with E-state index in [9.17, 15) is 4.79 Å². The summed E-state index contributed by atoms with van der Waals surface area (Å²) >= 11 is 11.2. The molecule has 1 amide bonds. The molecule has 4 rings (SSSR count). The minimum absolute atomic E-state index is 0.185. The lowest BCUT2D eigenvalue weighted by atomic mass is 10.1. The molecule has 1 heterocycles. The summed E-state index contributed by atoms with van der Waals surface area (Å²) < 4.78 is 0. The van der Waals surface area contributed by atoms with Gasteiger partial charge in [0.05, 0.1) is 5.69 Å². The van der Waals surface area contributed by atoms with E-state index in [4.69, 9.17) is 23.8 Å². The van der Waals surface area contributed by atoms with Gasteiger partial charge in [-0.1, -0.05) is 43.1 Å². The number of carbonyl (C=O) groups is 1. The van der Waals surface area contributed by atoms with Crippen molar-refractivity contribution in [1.82, 2.24) is 20.3 Å². The molecule has 0 saturated carbocycles. The molecule has 0 aliphatic rings. The first kappa shape index (κ1) is 21.9. The van der Waals surface area contributed by atoms with Crippen LogP contribution in [-0.2, 0) is 6.42 Å². The van der Waals surface area contributed by atoms with Gasteiger partial charge in [0.2, 0.25) is 0 Å². The van der Waals surface area contributed by atoms with Gasteiger partial charge in [-0.2, -0.15) is 4.80 Å². The van der Waals surface area contributed by atoms with Crippen LogP contribution in [0.5, 0.6) is 0 Å². The number of anilines is 1. The van der Waals surface area contributed by atoms with Crippen LogP contribution in [0.1, 0.15) is 35.7 Å². The minimum Gasteiger partial charge on any atom is -0.332 e. The Hall–Kier alpha value is -3.29. The number of benzene rings is 3. The molecule has 0 bridgehead atoms. The number of aryl methyl sites for hydroxylation is 1. The summed E-state index contributed by atoms with van der Waals surface area (Å²) in [7, 11) is 0. The molecule has 0 fully saturated rings. The molecule has 4 aromatic rings. The third-order valence-electron chi connectivity index (χ3n) is 4.94. The van der Waals surface area contributed by atoms with Gasteiger partial charge < -0.3 is 5.32 Å².